The van der Waals surface area contributed by atoms with Crippen molar-refractivity contribution in [3.05, 3.63) is 169 Å². The minimum absolute atomic E-state index is 0.00583. The van der Waals surface area contributed by atoms with Crippen LogP contribution >= 0.6 is 11.3 Å². The number of nitrogen functional groups attached to an aromatic ring is 1. The SMILES string of the molecule is COc1cc2nccc(Oc3ccc(N)c(C)c3)c2cc1OC.COc1cc2nccc(Oc3ccc(NS(=O)(=O)c4cccc(-c5ncccn5)c4)c(C)c3)c2cc1OC.O=S(=O)(O)c1cc2ccccc2s1. The van der Waals surface area contributed by atoms with Gasteiger partial charge in [-0.25, -0.2) is 18.4 Å². The van der Waals surface area contributed by atoms with Crippen LogP contribution in [0.3, 0.4) is 0 Å². The molecule has 0 radical (unpaired) electrons. The Balaban J connectivity index is 0.000000170. The fourth-order valence-electron chi connectivity index (χ4n) is 7.39. The third kappa shape index (κ3) is 12.0. The number of pyridine rings is 2. The van der Waals surface area contributed by atoms with Crippen molar-refractivity contribution < 1.29 is 49.8 Å². The van der Waals surface area contributed by atoms with Crippen molar-refractivity contribution in [3.63, 3.8) is 0 Å². The van der Waals surface area contributed by atoms with Crippen LogP contribution in [0.4, 0.5) is 11.4 Å². The van der Waals surface area contributed by atoms with Gasteiger partial charge < -0.3 is 34.2 Å². The fraction of sp³-hybridized carbons (Fsp3) is 0.111. The number of nitrogens with one attached hydrogen (secondary N) is 1. The number of nitrogens with two attached hydrogens (primary N) is 1. The average molecular weight is 1050 g/mol. The van der Waals surface area contributed by atoms with E-state index < -0.39 is 20.1 Å². The smallest absolute Gasteiger partial charge is 0.304 e. The van der Waals surface area contributed by atoms with Crippen LogP contribution in [0.15, 0.2) is 167 Å². The van der Waals surface area contributed by atoms with E-state index in [4.69, 9.17) is 38.7 Å². The Labute approximate surface area is 430 Å². The summed E-state index contributed by atoms with van der Waals surface area (Å²) in [6.45, 7) is 3.75. The molecular formula is C54H48N6O11S3. The second kappa shape index (κ2) is 22.5. The molecule has 17 nitrogen and oxygen atoms in total. The molecule has 378 valence electrons. The molecule has 0 spiro atoms. The van der Waals surface area contributed by atoms with E-state index in [9.17, 15) is 16.8 Å². The number of nitrogens with zero attached hydrogens (tertiary/aromatic N) is 4. The normalized spacial score (nSPS) is 11.2. The van der Waals surface area contributed by atoms with E-state index >= 15 is 0 Å². The van der Waals surface area contributed by atoms with Crippen molar-refractivity contribution in [1.82, 2.24) is 19.9 Å². The zero-order chi connectivity index (χ0) is 52.6. The van der Waals surface area contributed by atoms with Crippen molar-refractivity contribution in [2.24, 2.45) is 0 Å². The van der Waals surface area contributed by atoms with Crippen molar-refractivity contribution in [3.8, 4) is 57.4 Å². The van der Waals surface area contributed by atoms with Gasteiger partial charge in [0.15, 0.2) is 28.8 Å². The third-order valence-corrected chi connectivity index (χ3v) is 15.0. The van der Waals surface area contributed by atoms with Gasteiger partial charge in [0.1, 0.15) is 27.2 Å². The number of methoxy groups -OCH3 is 4. The minimum Gasteiger partial charge on any atom is -0.493 e. The number of benzene rings is 6. The molecule has 0 aliphatic rings. The second-order valence-electron chi connectivity index (χ2n) is 16.1. The summed E-state index contributed by atoms with van der Waals surface area (Å²) in [6.07, 6.45) is 6.56. The maximum Gasteiger partial charge on any atom is 0.304 e. The molecule has 0 saturated carbocycles. The minimum atomic E-state index is -4.05. The summed E-state index contributed by atoms with van der Waals surface area (Å²) in [4.78, 5) is 17.3. The monoisotopic (exact) mass is 1050 g/mol. The van der Waals surface area contributed by atoms with Gasteiger partial charge in [-0.2, -0.15) is 8.42 Å². The highest BCUT2D eigenvalue weighted by atomic mass is 32.3. The lowest BCUT2D eigenvalue weighted by molar-refractivity contribution is 0.355. The molecule has 4 heterocycles. The number of sulfonamides is 1. The molecule has 0 bridgehead atoms. The number of rotatable bonds is 13. The molecular weight excluding hydrogens is 1000 g/mol. The quantitative estimate of drug-likeness (QED) is 0.0719. The van der Waals surface area contributed by atoms with Gasteiger partial charge in [-0.3, -0.25) is 19.2 Å². The van der Waals surface area contributed by atoms with E-state index in [1.807, 2.05) is 61.5 Å². The maximum absolute atomic E-state index is 13.2. The van der Waals surface area contributed by atoms with Crippen LogP contribution in [0.2, 0.25) is 0 Å². The standard InChI is InChI=1S/C28H24N4O5S.C18H18N2O3.C8H6O3S2/c1-18-14-20(37-25-10-13-29-24-17-27(36-3)26(35-2)16-22(24)25)8-9-23(18)32-38(33,34)21-7-4-6-19(15-21)28-30-11-5-12-31-28;1-11-8-12(4-5-14(11)19)23-16-6-7-20-15-10-18(22-3)17(21-2)9-13(15)16;9-13(10,11)8-5-6-3-1-2-4-7(6)12-8/h4-17,32H,1-3H3;4-10H,19H2,1-3H3;1-5H,(H,9,10,11). The summed E-state index contributed by atoms with van der Waals surface area (Å²) in [7, 11) is -1.58. The number of aryl methyl sites for hydroxylation is 2. The Kier molecular flexibility index (Phi) is 15.7. The van der Waals surface area contributed by atoms with E-state index in [1.54, 1.807) is 127 Å². The molecule has 10 rings (SSSR count). The van der Waals surface area contributed by atoms with Crippen molar-refractivity contribution in [1.29, 1.82) is 0 Å². The number of anilines is 2. The Bertz CT molecular complexity index is 3850. The predicted molar refractivity (Wildman–Crippen MR) is 287 cm³/mol. The van der Waals surface area contributed by atoms with Gasteiger partial charge in [0, 0.05) is 63.6 Å². The lowest BCUT2D eigenvalue weighted by atomic mass is 10.1. The van der Waals surface area contributed by atoms with Gasteiger partial charge in [0.25, 0.3) is 10.0 Å². The highest BCUT2D eigenvalue weighted by molar-refractivity contribution is 7.92. The van der Waals surface area contributed by atoms with Crippen molar-refractivity contribution >= 4 is 74.7 Å². The number of fused-ring (bicyclic) bond motifs is 3. The zero-order valence-corrected chi connectivity index (χ0v) is 43.1. The van der Waals surface area contributed by atoms with E-state index in [-0.39, 0.29) is 9.10 Å². The largest absolute Gasteiger partial charge is 0.493 e. The summed E-state index contributed by atoms with van der Waals surface area (Å²) < 4.78 is 93.8. The van der Waals surface area contributed by atoms with Gasteiger partial charge in [0.05, 0.1) is 50.1 Å². The number of hydrogen-bond donors (Lipinski definition) is 3. The Morgan fingerprint density at radius 2 is 1.09 bits per heavy atom. The molecule has 0 aliphatic carbocycles. The zero-order valence-electron chi connectivity index (χ0n) is 40.6. The topological polar surface area (TPSA) is 233 Å². The molecule has 10 aromatic rings. The fourth-order valence-corrected chi connectivity index (χ4v) is 10.3. The van der Waals surface area contributed by atoms with Gasteiger partial charge in [-0.05, 0) is 121 Å². The van der Waals surface area contributed by atoms with E-state index in [0.29, 0.717) is 68.4 Å². The van der Waals surface area contributed by atoms with Gasteiger partial charge in [-0.1, -0.05) is 30.3 Å². The van der Waals surface area contributed by atoms with Crippen LogP contribution in [-0.4, -0.2) is 69.8 Å². The lowest BCUT2D eigenvalue weighted by Crippen LogP contribution is -2.14. The lowest BCUT2D eigenvalue weighted by Gasteiger charge is -2.14. The van der Waals surface area contributed by atoms with Gasteiger partial charge >= 0.3 is 10.1 Å². The average Bonchev–Trinajstić information content (AvgIpc) is 3.87. The van der Waals surface area contributed by atoms with Crippen LogP contribution < -0.4 is 38.9 Å². The van der Waals surface area contributed by atoms with E-state index in [0.717, 1.165) is 54.7 Å². The highest BCUT2D eigenvalue weighted by Crippen LogP contribution is 2.39. The number of ether oxygens (including phenoxy) is 6. The summed E-state index contributed by atoms with van der Waals surface area (Å²) in [5, 5.41) is 2.43. The van der Waals surface area contributed by atoms with Crippen LogP contribution in [0, 0.1) is 13.8 Å². The number of hydrogen-bond acceptors (Lipinski definition) is 16. The number of aromatic nitrogens is 4. The van der Waals surface area contributed by atoms with Crippen molar-refractivity contribution in [2.45, 2.75) is 23.0 Å². The van der Waals surface area contributed by atoms with E-state index in [2.05, 4.69) is 24.7 Å². The third-order valence-electron chi connectivity index (χ3n) is 11.2. The summed E-state index contributed by atoms with van der Waals surface area (Å²) >= 11 is 1.07. The molecule has 0 atom stereocenters. The van der Waals surface area contributed by atoms with Gasteiger partial charge in [0.2, 0.25) is 0 Å². The Hall–Kier alpha value is -8.56. The maximum atomic E-state index is 13.2. The van der Waals surface area contributed by atoms with Crippen molar-refractivity contribution in [2.75, 3.05) is 38.9 Å². The second-order valence-corrected chi connectivity index (χ2v) is 20.5. The molecule has 0 unspecified atom stereocenters. The van der Waals surface area contributed by atoms with Crippen LogP contribution in [-0.2, 0) is 20.1 Å². The van der Waals surface area contributed by atoms with E-state index in [1.165, 1.54) is 12.1 Å². The number of thiophene rings is 1. The first-order valence-corrected chi connectivity index (χ1v) is 26.0. The molecule has 74 heavy (non-hydrogen) atoms. The van der Waals surface area contributed by atoms with Crippen LogP contribution in [0.5, 0.6) is 46.0 Å². The molecule has 4 aromatic heterocycles. The highest BCUT2D eigenvalue weighted by Gasteiger charge is 2.19. The molecule has 0 fully saturated rings. The van der Waals surface area contributed by atoms with Crippen LogP contribution in [0.1, 0.15) is 11.1 Å². The summed E-state index contributed by atoms with van der Waals surface area (Å²) in [5.74, 6) is 5.36. The Morgan fingerprint density at radius 3 is 1.64 bits per heavy atom. The summed E-state index contributed by atoms with van der Waals surface area (Å²) in [5.41, 5.74) is 10.7. The molecule has 0 amide bonds. The molecule has 4 N–H and O–H groups in total. The summed E-state index contributed by atoms with van der Waals surface area (Å²) in [6, 6.07) is 38.5. The first-order chi connectivity index (χ1) is 35.6. The first kappa shape index (κ1) is 51.8. The molecule has 6 aromatic carbocycles. The molecule has 20 heteroatoms. The Morgan fingerprint density at radius 1 is 0.541 bits per heavy atom. The predicted octanol–water partition coefficient (Wildman–Crippen LogP) is 11.7. The molecule has 0 saturated heterocycles. The molecule has 0 aliphatic heterocycles. The van der Waals surface area contributed by atoms with Crippen LogP contribution in [0.25, 0.3) is 43.3 Å². The first-order valence-electron chi connectivity index (χ1n) is 22.3. The van der Waals surface area contributed by atoms with Gasteiger partial charge in [-0.15, -0.1) is 11.3 Å².